The van der Waals surface area contributed by atoms with Gasteiger partial charge in [0.2, 0.25) is 0 Å². The zero-order valence-electron chi connectivity index (χ0n) is 18.0. The van der Waals surface area contributed by atoms with E-state index in [0.29, 0.717) is 17.7 Å². The summed E-state index contributed by atoms with van der Waals surface area (Å²) >= 11 is 0. The largest absolute Gasteiger partial charge is 0.508 e. The Morgan fingerprint density at radius 2 is 1.59 bits per heavy atom. The second-order valence-electron chi connectivity index (χ2n) is 7.77. The van der Waals surface area contributed by atoms with E-state index in [1.165, 1.54) is 24.9 Å². The maximum Gasteiger partial charge on any atom is 0.120 e. The van der Waals surface area contributed by atoms with Crippen LogP contribution in [0.1, 0.15) is 76.5 Å². The van der Waals surface area contributed by atoms with Crippen LogP contribution in [0.2, 0.25) is 0 Å². The van der Waals surface area contributed by atoms with E-state index in [2.05, 4.69) is 48.9 Å². The second-order valence-corrected chi connectivity index (χ2v) is 7.77. The van der Waals surface area contributed by atoms with E-state index in [1.807, 2.05) is 12.1 Å². The van der Waals surface area contributed by atoms with Gasteiger partial charge in [0.1, 0.15) is 5.75 Å². The van der Waals surface area contributed by atoms with Gasteiger partial charge in [0.05, 0.1) is 0 Å². The molecule has 2 unspecified atom stereocenters. The number of hydrogen-bond acceptors (Lipinski definition) is 4. The standard InChI is InChI=1S/C23H41N3O/c1-5-25(6-2)16-10-12-19-18-21(23-20(19)13-9-14-22(23)27)24-15-11-17-26(7-3)8-4/h9,13-14,19,21,24,27H,5-8,10-12,15-18H2,1-4H3. The number of nitrogens with one attached hydrogen (secondary N) is 1. The number of phenols is 1. The van der Waals surface area contributed by atoms with Gasteiger partial charge in [0, 0.05) is 11.6 Å². The van der Waals surface area contributed by atoms with Gasteiger partial charge < -0.3 is 20.2 Å². The summed E-state index contributed by atoms with van der Waals surface area (Å²) in [5.74, 6) is 1.04. The molecule has 2 atom stereocenters. The molecule has 154 valence electrons. The van der Waals surface area contributed by atoms with Gasteiger partial charge in [0.15, 0.2) is 0 Å². The fourth-order valence-electron chi connectivity index (χ4n) is 4.51. The molecule has 1 aliphatic rings. The number of aromatic hydroxyl groups is 1. The van der Waals surface area contributed by atoms with Crippen LogP contribution in [0.15, 0.2) is 18.2 Å². The smallest absolute Gasteiger partial charge is 0.120 e. The predicted octanol–water partition coefficient (Wildman–Crippen LogP) is 4.36. The van der Waals surface area contributed by atoms with Crippen LogP contribution in [0.25, 0.3) is 0 Å². The van der Waals surface area contributed by atoms with Crippen LogP contribution in [0.4, 0.5) is 0 Å². The zero-order chi connectivity index (χ0) is 19.6. The Balaban J connectivity index is 1.90. The van der Waals surface area contributed by atoms with Crippen LogP contribution < -0.4 is 5.32 Å². The molecule has 0 bridgehead atoms. The van der Waals surface area contributed by atoms with Gasteiger partial charge in [0.25, 0.3) is 0 Å². The lowest BCUT2D eigenvalue weighted by molar-refractivity contribution is 0.289. The molecule has 0 spiro atoms. The average molecular weight is 376 g/mol. The number of rotatable bonds is 13. The summed E-state index contributed by atoms with van der Waals surface area (Å²) in [6, 6.07) is 6.39. The molecule has 1 aliphatic carbocycles. The van der Waals surface area contributed by atoms with Crippen molar-refractivity contribution in [1.82, 2.24) is 15.1 Å². The Bertz CT molecular complexity index is 540. The maximum absolute atomic E-state index is 10.5. The average Bonchev–Trinajstić information content (AvgIpc) is 3.04. The van der Waals surface area contributed by atoms with Crippen molar-refractivity contribution in [3.05, 3.63) is 29.3 Å². The Morgan fingerprint density at radius 1 is 0.963 bits per heavy atom. The molecule has 4 nitrogen and oxygen atoms in total. The summed E-state index contributed by atoms with van der Waals surface area (Å²) in [6.07, 6.45) is 4.73. The molecule has 4 heteroatoms. The Morgan fingerprint density at radius 3 is 2.22 bits per heavy atom. The Hall–Kier alpha value is -1.10. The summed E-state index contributed by atoms with van der Waals surface area (Å²) in [7, 11) is 0. The first-order chi connectivity index (χ1) is 13.1. The fraction of sp³-hybridized carbons (Fsp3) is 0.739. The van der Waals surface area contributed by atoms with E-state index in [9.17, 15) is 5.11 Å². The minimum absolute atomic E-state index is 0.302. The van der Waals surface area contributed by atoms with Gasteiger partial charge in [-0.2, -0.15) is 0 Å². The van der Waals surface area contributed by atoms with Crippen LogP contribution in [-0.2, 0) is 0 Å². The van der Waals surface area contributed by atoms with Crippen molar-refractivity contribution in [1.29, 1.82) is 0 Å². The molecule has 1 aromatic rings. The first-order valence-electron chi connectivity index (χ1n) is 11.1. The minimum atomic E-state index is 0.302. The van der Waals surface area contributed by atoms with Crippen LogP contribution >= 0.6 is 0 Å². The molecule has 0 fully saturated rings. The van der Waals surface area contributed by atoms with Gasteiger partial charge in [-0.05, 0) is 89.0 Å². The second kappa shape index (κ2) is 11.7. The predicted molar refractivity (Wildman–Crippen MR) is 116 cm³/mol. The summed E-state index contributed by atoms with van der Waals surface area (Å²) in [5, 5.41) is 14.2. The zero-order valence-corrected chi connectivity index (χ0v) is 18.0. The first-order valence-corrected chi connectivity index (χ1v) is 11.1. The van der Waals surface area contributed by atoms with E-state index in [-0.39, 0.29) is 0 Å². The van der Waals surface area contributed by atoms with Crippen molar-refractivity contribution in [3.63, 3.8) is 0 Å². The van der Waals surface area contributed by atoms with Gasteiger partial charge in [-0.1, -0.05) is 39.8 Å². The number of fused-ring (bicyclic) bond motifs is 1. The monoisotopic (exact) mass is 375 g/mol. The van der Waals surface area contributed by atoms with Gasteiger partial charge in [-0.3, -0.25) is 0 Å². The molecular weight excluding hydrogens is 334 g/mol. The van der Waals surface area contributed by atoms with Crippen LogP contribution in [0.5, 0.6) is 5.75 Å². The summed E-state index contributed by atoms with van der Waals surface area (Å²) in [5.41, 5.74) is 2.53. The highest BCUT2D eigenvalue weighted by Gasteiger charge is 2.32. The molecule has 2 rings (SSSR count). The van der Waals surface area contributed by atoms with E-state index in [1.54, 1.807) is 0 Å². The number of phenolic OH excluding ortho intramolecular Hbond substituents is 1. The van der Waals surface area contributed by atoms with Gasteiger partial charge in [-0.25, -0.2) is 0 Å². The first kappa shape index (κ1) is 22.2. The molecule has 0 radical (unpaired) electrons. The molecule has 0 aromatic heterocycles. The summed E-state index contributed by atoms with van der Waals surface area (Å²) in [6.45, 7) is 16.8. The Kier molecular flexibility index (Phi) is 9.60. The molecule has 2 N–H and O–H groups in total. The molecule has 27 heavy (non-hydrogen) atoms. The van der Waals surface area contributed by atoms with Crippen molar-refractivity contribution in [2.24, 2.45) is 0 Å². The SMILES string of the molecule is CCN(CC)CCCNC1CC(CCCN(CC)CC)c2cccc(O)c21. The molecule has 0 saturated heterocycles. The van der Waals surface area contributed by atoms with Crippen molar-refractivity contribution in [2.45, 2.75) is 65.3 Å². The van der Waals surface area contributed by atoms with Crippen molar-refractivity contribution >= 4 is 0 Å². The number of benzene rings is 1. The lowest BCUT2D eigenvalue weighted by atomic mass is 9.96. The third-order valence-electron chi connectivity index (χ3n) is 6.28. The fourth-order valence-corrected chi connectivity index (χ4v) is 4.51. The molecular formula is C23H41N3O. The highest BCUT2D eigenvalue weighted by molar-refractivity contribution is 5.47. The quantitative estimate of drug-likeness (QED) is 0.502. The van der Waals surface area contributed by atoms with E-state index >= 15 is 0 Å². The van der Waals surface area contributed by atoms with E-state index in [0.717, 1.165) is 57.7 Å². The topological polar surface area (TPSA) is 38.7 Å². The van der Waals surface area contributed by atoms with E-state index in [4.69, 9.17) is 0 Å². The molecule has 0 aliphatic heterocycles. The number of hydrogen-bond donors (Lipinski definition) is 2. The third kappa shape index (κ3) is 6.20. The number of nitrogens with zero attached hydrogens (tertiary/aromatic N) is 2. The highest BCUT2D eigenvalue weighted by atomic mass is 16.3. The molecule has 0 amide bonds. The Labute approximate surface area is 166 Å². The molecule has 1 aromatic carbocycles. The summed E-state index contributed by atoms with van der Waals surface area (Å²) < 4.78 is 0. The maximum atomic E-state index is 10.5. The summed E-state index contributed by atoms with van der Waals surface area (Å²) in [4.78, 5) is 4.97. The molecule has 0 saturated carbocycles. The van der Waals surface area contributed by atoms with Crippen molar-refractivity contribution in [2.75, 3.05) is 45.8 Å². The third-order valence-corrected chi connectivity index (χ3v) is 6.28. The van der Waals surface area contributed by atoms with E-state index < -0.39 is 0 Å². The van der Waals surface area contributed by atoms with Crippen LogP contribution in [0.3, 0.4) is 0 Å². The van der Waals surface area contributed by atoms with Crippen molar-refractivity contribution in [3.8, 4) is 5.75 Å². The molecule has 0 heterocycles. The lowest BCUT2D eigenvalue weighted by Crippen LogP contribution is -2.28. The normalized spacial score (nSPS) is 19.2. The lowest BCUT2D eigenvalue weighted by Gasteiger charge is -2.20. The van der Waals surface area contributed by atoms with Crippen molar-refractivity contribution < 1.29 is 5.11 Å². The van der Waals surface area contributed by atoms with Crippen LogP contribution in [-0.4, -0.2) is 60.7 Å². The highest BCUT2D eigenvalue weighted by Crippen LogP contribution is 2.46. The van der Waals surface area contributed by atoms with Crippen LogP contribution in [0, 0.1) is 0 Å². The minimum Gasteiger partial charge on any atom is -0.508 e. The van der Waals surface area contributed by atoms with Gasteiger partial charge in [-0.15, -0.1) is 0 Å². The van der Waals surface area contributed by atoms with Gasteiger partial charge >= 0.3 is 0 Å².